The second-order valence-corrected chi connectivity index (χ2v) is 10.3. The fourth-order valence-corrected chi connectivity index (χ4v) is 5.69. The standard InChI is InChI=1S/C27H17BrN4O3S/c28-18-11-12-21-19(14-18)22(25(34)31(21)15-17-9-5-2-6-10-17)23-26(35)32-27(36-23)29-24(33)20(30-32)13-16-7-3-1-4-8-16/h1-12,14H,13,15H2. The van der Waals surface area contributed by atoms with Gasteiger partial charge in [0.2, 0.25) is 4.96 Å². The molecule has 36 heavy (non-hydrogen) atoms. The molecule has 3 heterocycles. The van der Waals surface area contributed by atoms with Gasteiger partial charge in [-0.1, -0.05) is 87.9 Å². The summed E-state index contributed by atoms with van der Waals surface area (Å²) in [5, 5.41) is 4.34. The molecule has 5 aromatic rings. The predicted molar refractivity (Wildman–Crippen MR) is 142 cm³/mol. The number of benzene rings is 3. The van der Waals surface area contributed by atoms with E-state index in [1.807, 2.05) is 78.9 Å². The fourth-order valence-electron chi connectivity index (χ4n) is 4.34. The Morgan fingerprint density at radius 3 is 2.28 bits per heavy atom. The minimum absolute atomic E-state index is 0.162. The predicted octanol–water partition coefficient (Wildman–Crippen LogP) is 3.33. The largest absolute Gasteiger partial charge is 0.303 e. The summed E-state index contributed by atoms with van der Waals surface area (Å²) in [6.45, 7) is 0.368. The van der Waals surface area contributed by atoms with E-state index in [1.165, 1.54) is 0 Å². The average molecular weight is 557 g/mol. The minimum Gasteiger partial charge on any atom is -0.303 e. The van der Waals surface area contributed by atoms with Crippen LogP contribution < -0.4 is 20.6 Å². The summed E-state index contributed by atoms with van der Waals surface area (Å²) in [5.74, 6) is -0.275. The van der Waals surface area contributed by atoms with E-state index in [1.54, 1.807) is 4.90 Å². The Kier molecular flexibility index (Phi) is 5.58. The maximum atomic E-state index is 13.7. The van der Waals surface area contributed by atoms with E-state index in [4.69, 9.17) is 0 Å². The van der Waals surface area contributed by atoms with E-state index in [0.29, 0.717) is 17.7 Å². The smallest absolute Gasteiger partial charge is 0.296 e. The molecule has 176 valence electrons. The van der Waals surface area contributed by atoms with Crippen LogP contribution in [0.15, 0.2) is 92.9 Å². The highest BCUT2D eigenvalue weighted by Gasteiger charge is 2.34. The number of amides is 1. The van der Waals surface area contributed by atoms with Crippen LogP contribution in [-0.4, -0.2) is 20.5 Å². The van der Waals surface area contributed by atoms with Gasteiger partial charge in [-0.3, -0.25) is 14.4 Å². The third-order valence-corrected chi connectivity index (χ3v) is 7.55. The topological polar surface area (TPSA) is 84.6 Å². The van der Waals surface area contributed by atoms with E-state index < -0.39 is 11.1 Å². The summed E-state index contributed by atoms with van der Waals surface area (Å²) in [6, 6.07) is 24.7. The van der Waals surface area contributed by atoms with Gasteiger partial charge in [-0.25, -0.2) is 0 Å². The molecule has 1 aliphatic rings. The van der Waals surface area contributed by atoms with Crippen LogP contribution in [0.3, 0.4) is 0 Å². The molecule has 0 bridgehead atoms. The maximum absolute atomic E-state index is 13.7. The van der Waals surface area contributed by atoms with Crippen LogP contribution in [0.5, 0.6) is 0 Å². The molecule has 0 atom stereocenters. The Hall–Kier alpha value is -3.95. The number of carbonyl (C=O) groups excluding carboxylic acids is 1. The molecule has 2 aromatic heterocycles. The number of carbonyl (C=O) groups is 1. The summed E-state index contributed by atoms with van der Waals surface area (Å²) < 4.78 is 2.14. The van der Waals surface area contributed by atoms with Crippen LogP contribution in [-0.2, 0) is 17.8 Å². The molecule has 0 saturated carbocycles. The number of nitrogens with zero attached hydrogens (tertiary/aromatic N) is 4. The van der Waals surface area contributed by atoms with Crippen molar-refractivity contribution in [1.29, 1.82) is 0 Å². The van der Waals surface area contributed by atoms with Crippen LogP contribution in [0.2, 0.25) is 0 Å². The quantitative estimate of drug-likeness (QED) is 0.339. The van der Waals surface area contributed by atoms with E-state index in [9.17, 15) is 14.4 Å². The zero-order chi connectivity index (χ0) is 24.8. The van der Waals surface area contributed by atoms with Crippen molar-refractivity contribution in [3.8, 4) is 0 Å². The van der Waals surface area contributed by atoms with Gasteiger partial charge in [-0.05, 0) is 29.3 Å². The molecule has 0 N–H and O–H groups in total. The van der Waals surface area contributed by atoms with Gasteiger partial charge in [-0.15, -0.1) is 0 Å². The van der Waals surface area contributed by atoms with Crippen molar-refractivity contribution >= 4 is 49.4 Å². The van der Waals surface area contributed by atoms with Crippen LogP contribution in [0.1, 0.15) is 22.4 Å². The van der Waals surface area contributed by atoms with Crippen molar-refractivity contribution in [1.82, 2.24) is 14.6 Å². The van der Waals surface area contributed by atoms with Gasteiger partial charge in [0.25, 0.3) is 17.0 Å². The lowest BCUT2D eigenvalue weighted by Crippen LogP contribution is -2.33. The molecular weight excluding hydrogens is 540 g/mol. The van der Waals surface area contributed by atoms with Crippen molar-refractivity contribution in [2.45, 2.75) is 13.0 Å². The maximum Gasteiger partial charge on any atom is 0.296 e. The Morgan fingerprint density at radius 1 is 0.861 bits per heavy atom. The fraction of sp³-hybridized carbons (Fsp3) is 0.0741. The molecule has 6 rings (SSSR count). The summed E-state index contributed by atoms with van der Waals surface area (Å²) in [4.78, 5) is 45.8. The van der Waals surface area contributed by atoms with Crippen molar-refractivity contribution in [2.75, 3.05) is 4.90 Å². The lowest BCUT2D eigenvalue weighted by Gasteiger charge is -2.17. The highest BCUT2D eigenvalue weighted by molar-refractivity contribution is 9.10. The Bertz CT molecular complexity index is 1820. The Balaban J connectivity index is 1.53. The van der Waals surface area contributed by atoms with Gasteiger partial charge < -0.3 is 4.90 Å². The SMILES string of the molecule is O=C1C(=c2sc3nc(=O)c(Cc4ccccc4)nn3c2=O)c2cc(Br)ccc2N1Cc1ccccc1. The number of hydrogen-bond acceptors (Lipinski definition) is 6. The molecule has 0 spiro atoms. The molecule has 9 heteroatoms. The third kappa shape index (κ3) is 3.86. The van der Waals surface area contributed by atoms with Crippen molar-refractivity contribution in [3.63, 3.8) is 0 Å². The van der Waals surface area contributed by atoms with Crippen LogP contribution in [0.25, 0.3) is 10.5 Å². The van der Waals surface area contributed by atoms with E-state index in [-0.39, 0.29) is 27.5 Å². The first-order valence-electron chi connectivity index (χ1n) is 11.2. The molecule has 7 nitrogen and oxygen atoms in total. The summed E-state index contributed by atoms with van der Waals surface area (Å²) in [7, 11) is 0. The molecule has 1 amide bonds. The summed E-state index contributed by atoms with van der Waals surface area (Å²) in [5.41, 5.74) is 2.76. The van der Waals surface area contributed by atoms with E-state index in [0.717, 1.165) is 37.1 Å². The first-order valence-corrected chi connectivity index (χ1v) is 12.8. The zero-order valence-corrected chi connectivity index (χ0v) is 21.1. The van der Waals surface area contributed by atoms with Crippen molar-refractivity contribution < 1.29 is 4.79 Å². The molecule has 0 fully saturated rings. The lowest BCUT2D eigenvalue weighted by molar-refractivity contribution is -0.113. The molecule has 3 aromatic carbocycles. The Labute approximate surface area is 217 Å². The lowest BCUT2D eigenvalue weighted by atomic mass is 10.1. The van der Waals surface area contributed by atoms with Crippen LogP contribution in [0.4, 0.5) is 5.69 Å². The molecule has 0 radical (unpaired) electrons. The van der Waals surface area contributed by atoms with Gasteiger partial charge in [-0.2, -0.15) is 14.6 Å². The second kappa shape index (κ2) is 8.92. The number of thiazole rings is 1. The van der Waals surface area contributed by atoms with Gasteiger partial charge in [0.1, 0.15) is 10.2 Å². The van der Waals surface area contributed by atoms with Gasteiger partial charge >= 0.3 is 0 Å². The molecule has 0 saturated heterocycles. The highest BCUT2D eigenvalue weighted by atomic mass is 79.9. The molecule has 1 aliphatic heterocycles. The molecule has 0 unspecified atom stereocenters. The summed E-state index contributed by atoms with van der Waals surface area (Å²) >= 11 is 4.50. The average Bonchev–Trinajstić information content (AvgIpc) is 3.33. The monoisotopic (exact) mass is 556 g/mol. The third-order valence-electron chi connectivity index (χ3n) is 6.03. The number of fused-ring (bicyclic) bond motifs is 2. The minimum atomic E-state index is -0.483. The van der Waals surface area contributed by atoms with E-state index in [2.05, 4.69) is 26.0 Å². The van der Waals surface area contributed by atoms with Gasteiger partial charge in [0.05, 0.1) is 17.8 Å². The number of halogens is 1. The van der Waals surface area contributed by atoms with Crippen molar-refractivity contribution in [2.24, 2.45) is 0 Å². The summed E-state index contributed by atoms with van der Waals surface area (Å²) in [6.07, 6.45) is 0.260. The zero-order valence-electron chi connectivity index (χ0n) is 18.7. The van der Waals surface area contributed by atoms with E-state index >= 15 is 0 Å². The first-order chi connectivity index (χ1) is 17.5. The first kappa shape index (κ1) is 22.5. The Morgan fingerprint density at radius 2 is 1.56 bits per heavy atom. The van der Waals surface area contributed by atoms with Crippen LogP contribution >= 0.6 is 27.3 Å². The number of aromatic nitrogens is 3. The highest BCUT2D eigenvalue weighted by Crippen LogP contribution is 2.38. The van der Waals surface area contributed by atoms with Gasteiger partial charge in [0, 0.05) is 16.5 Å². The second-order valence-electron chi connectivity index (χ2n) is 8.37. The number of rotatable bonds is 4. The number of hydrogen-bond donors (Lipinski definition) is 0. The number of anilines is 1. The van der Waals surface area contributed by atoms with Crippen LogP contribution in [0, 0.1) is 0 Å². The molecular formula is C27H17BrN4O3S. The van der Waals surface area contributed by atoms with Gasteiger partial charge in [0.15, 0.2) is 0 Å². The van der Waals surface area contributed by atoms with Crippen molar-refractivity contribution in [3.05, 3.63) is 131 Å². The molecule has 0 aliphatic carbocycles. The normalized spacial score (nSPS) is 14.5.